The van der Waals surface area contributed by atoms with Gasteiger partial charge in [0.05, 0.1) is 22.8 Å². The summed E-state index contributed by atoms with van der Waals surface area (Å²) in [4.78, 5) is 16.9. The molecule has 1 amide bonds. The number of hydrogen-bond acceptors (Lipinski definition) is 5. The molecule has 2 N–H and O–H groups in total. The average molecular weight is 473 g/mol. The van der Waals surface area contributed by atoms with Gasteiger partial charge in [-0.25, -0.2) is 8.42 Å². The Balaban J connectivity index is 1.50. The molecule has 1 aromatic heterocycles. The molecule has 0 saturated carbocycles. The summed E-state index contributed by atoms with van der Waals surface area (Å²) in [7, 11) is -3.76. The summed E-state index contributed by atoms with van der Waals surface area (Å²) >= 11 is 0. The predicted octanol–water partition coefficient (Wildman–Crippen LogP) is 4.23. The molecule has 0 bridgehead atoms. The zero-order chi connectivity index (χ0) is 23.8. The Morgan fingerprint density at radius 1 is 0.765 bits per heavy atom. The van der Waals surface area contributed by atoms with Gasteiger partial charge < -0.3 is 0 Å². The van der Waals surface area contributed by atoms with Crippen LogP contribution < -0.4 is 10.9 Å². The van der Waals surface area contributed by atoms with Crippen LogP contribution in [0, 0.1) is 0 Å². The number of aromatic nitrogens is 1. The molecule has 1 heterocycles. The molecule has 3 aromatic carbocycles. The van der Waals surface area contributed by atoms with E-state index in [9.17, 15) is 13.2 Å². The first-order chi connectivity index (χ1) is 16.5. The molecule has 172 valence electrons. The lowest BCUT2D eigenvalue weighted by atomic mass is 10.1. The second-order valence-corrected chi connectivity index (χ2v) is 9.49. The summed E-state index contributed by atoms with van der Waals surface area (Å²) in [5, 5.41) is 0. The topological polar surface area (TPSA) is 91.4 Å². The highest BCUT2D eigenvalue weighted by Gasteiger charge is 2.25. The molecular formula is C26H24N4O3S. The molecule has 7 nitrogen and oxygen atoms in total. The van der Waals surface area contributed by atoms with Crippen LogP contribution >= 0.6 is 0 Å². The Kier molecular flexibility index (Phi) is 7.31. The van der Waals surface area contributed by atoms with E-state index in [2.05, 4.69) is 15.8 Å². The normalized spacial score (nSPS) is 11.2. The van der Waals surface area contributed by atoms with Crippen molar-refractivity contribution in [2.75, 3.05) is 5.43 Å². The third kappa shape index (κ3) is 5.86. The summed E-state index contributed by atoms with van der Waals surface area (Å²) in [6.45, 7) is 0.263. The number of benzene rings is 3. The van der Waals surface area contributed by atoms with Crippen molar-refractivity contribution in [1.29, 1.82) is 0 Å². The Labute approximate surface area is 199 Å². The maximum absolute atomic E-state index is 13.4. The number of hydrazine groups is 1. The number of carbonyl (C=O) groups is 1. The van der Waals surface area contributed by atoms with Crippen molar-refractivity contribution < 1.29 is 13.2 Å². The van der Waals surface area contributed by atoms with E-state index in [1.165, 1.54) is 4.31 Å². The van der Waals surface area contributed by atoms with Crippen LogP contribution in [0.5, 0.6) is 0 Å². The minimum absolute atomic E-state index is 0.126. The van der Waals surface area contributed by atoms with Gasteiger partial charge in [-0.1, -0.05) is 54.6 Å². The fourth-order valence-corrected chi connectivity index (χ4v) is 4.75. The second kappa shape index (κ2) is 10.7. The van der Waals surface area contributed by atoms with Crippen molar-refractivity contribution in [3.8, 4) is 0 Å². The number of amides is 1. The van der Waals surface area contributed by atoms with Gasteiger partial charge in [0.15, 0.2) is 0 Å². The number of hydrogen-bond donors (Lipinski definition) is 2. The number of pyridine rings is 1. The van der Waals surface area contributed by atoms with E-state index in [1.54, 1.807) is 72.9 Å². The van der Waals surface area contributed by atoms with Gasteiger partial charge in [0.1, 0.15) is 0 Å². The van der Waals surface area contributed by atoms with Crippen molar-refractivity contribution in [3.63, 3.8) is 0 Å². The van der Waals surface area contributed by atoms with Gasteiger partial charge in [-0.2, -0.15) is 4.31 Å². The van der Waals surface area contributed by atoms with Crippen LogP contribution in [-0.4, -0.2) is 23.6 Å². The number of rotatable bonds is 9. The minimum atomic E-state index is -3.76. The van der Waals surface area contributed by atoms with E-state index in [0.29, 0.717) is 11.3 Å². The molecule has 0 atom stereocenters. The Morgan fingerprint density at radius 3 is 2.06 bits per heavy atom. The lowest BCUT2D eigenvalue weighted by molar-refractivity contribution is 0.0962. The average Bonchev–Trinajstić information content (AvgIpc) is 2.89. The van der Waals surface area contributed by atoms with Crippen LogP contribution in [0.15, 0.2) is 114 Å². The van der Waals surface area contributed by atoms with Crippen molar-refractivity contribution in [3.05, 3.63) is 126 Å². The molecule has 0 spiro atoms. The lowest BCUT2D eigenvalue weighted by Gasteiger charge is -2.22. The fraction of sp³-hybridized carbons (Fsp3) is 0.0769. The molecule has 0 unspecified atom stereocenters. The maximum atomic E-state index is 13.4. The fourth-order valence-electron chi connectivity index (χ4n) is 3.33. The van der Waals surface area contributed by atoms with Gasteiger partial charge in [-0.15, -0.1) is 0 Å². The number of sulfonamides is 1. The number of nitrogens with one attached hydrogen (secondary N) is 2. The van der Waals surface area contributed by atoms with Crippen LogP contribution in [0.2, 0.25) is 0 Å². The molecule has 4 rings (SSSR count). The standard InChI is InChI=1S/C26H24N4O3S/c31-26(29-28-23-9-3-1-4-10-23)22-16-14-21(15-17-22)19-30(20-24-11-7-8-18-27-24)34(32,33)25-12-5-2-6-13-25/h1-18,28H,19-20H2,(H,29,31). The number of para-hydroxylation sites is 1. The predicted molar refractivity (Wildman–Crippen MR) is 131 cm³/mol. The van der Waals surface area contributed by atoms with Crippen molar-refractivity contribution in [2.24, 2.45) is 0 Å². The summed E-state index contributed by atoms with van der Waals surface area (Å²) in [6, 6.07) is 29.9. The van der Waals surface area contributed by atoms with Gasteiger partial charge in [-0.05, 0) is 54.1 Å². The van der Waals surface area contributed by atoms with E-state index in [0.717, 1.165) is 11.3 Å². The minimum Gasteiger partial charge on any atom is -0.298 e. The van der Waals surface area contributed by atoms with Gasteiger partial charge >= 0.3 is 0 Å². The Hall–Kier alpha value is -4.01. The molecular weight excluding hydrogens is 448 g/mol. The number of carbonyl (C=O) groups excluding carboxylic acids is 1. The summed E-state index contributed by atoms with van der Waals surface area (Å²) < 4.78 is 28.1. The van der Waals surface area contributed by atoms with Gasteiger partial charge in [-0.3, -0.25) is 20.6 Å². The third-order valence-corrected chi connectivity index (χ3v) is 6.92. The lowest BCUT2D eigenvalue weighted by Crippen LogP contribution is -2.31. The molecule has 0 radical (unpaired) electrons. The van der Waals surface area contributed by atoms with Crippen LogP contribution in [0.1, 0.15) is 21.6 Å². The highest BCUT2D eigenvalue weighted by Crippen LogP contribution is 2.21. The van der Waals surface area contributed by atoms with Crippen molar-refractivity contribution in [2.45, 2.75) is 18.0 Å². The monoisotopic (exact) mass is 472 g/mol. The summed E-state index contributed by atoms with van der Waals surface area (Å²) in [6.07, 6.45) is 1.64. The van der Waals surface area contributed by atoms with E-state index in [4.69, 9.17) is 0 Å². The zero-order valence-electron chi connectivity index (χ0n) is 18.3. The van der Waals surface area contributed by atoms with E-state index in [-0.39, 0.29) is 23.9 Å². The van der Waals surface area contributed by atoms with Crippen LogP contribution in [0.4, 0.5) is 5.69 Å². The van der Waals surface area contributed by atoms with Gasteiger partial charge in [0.25, 0.3) is 5.91 Å². The highest BCUT2D eigenvalue weighted by atomic mass is 32.2. The molecule has 0 aliphatic heterocycles. The zero-order valence-corrected chi connectivity index (χ0v) is 19.2. The first kappa shape index (κ1) is 23.2. The molecule has 0 fully saturated rings. The molecule has 8 heteroatoms. The molecule has 34 heavy (non-hydrogen) atoms. The number of anilines is 1. The Bertz CT molecular complexity index is 1320. The Morgan fingerprint density at radius 2 is 1.41 bits per heavy atom. The van der Waals surface area contributed by atoms with Gasteiger partial charge in [0.2, 0.25) is 10.0 Å². The summed E-state index contributed by atoms with van der Waals surface area (Å²) in [5.74, 6) is -0.294. The van der Waals surface area contributed by atoms with Crippen molar-refractivity contribution in [1.82, 2.24) is 14.7 Å². The largest absolute Gasteiger partial charge is 0.298 e. The van der Waals surface area contributed by atoms with Crippen LogP contribution in [0.3, 0.4) is 0 Å². The molecule has 0 saturated heterocycles. The van der Waals surface area contributed by atoms with Crippen molar-refractivity contribution >= 4 is 21.6 Å². The molecule has 0 aliphatic carbocycles. The smallest absolute Gasteiger partial charge is 0.269 e. The quantitative estimate of drug-likeness (QED) is 0.356. The maximum Gasteiger partial charge on any atom is 0.269 e. The third-order valence-electron chi connectivity index (χ3n) is 5.11. The van der Waals surface area contributed by atoms with Crippen LogP contribution in [-0.2, 0) is 23.1 Å². The van der Waals surface area contributed by atoms with E-state index in [1.807, 2.05) is 36.4 Å². The molecule has 0 aliphatic rings. The first-order valence-electron chi connectivity index (χ1n) is 10.7. The SMILES string of the molecule is O=C(NNc1ccccc1)c1ccc(CN(Cc2ccccn2)S(=O)(=O)c2ccccc2)cc1. The first-order valence-corrected chi connectivity index (χ1v) is 12.1. The molecule has 4 aromatic rings. The number of nitrogens with zero attached hydrogens (tertiary/aromatic N) is 2. The highest BCUT2D eigenvalue weighted by molar-refractivity contribution is 7.89. The van der Waals surface area contributed by atoms with E-state index >= 15 is 0 Å². The van der Waals surface area contributed by atoms with E-state index < -0.39 is 10.0 Å². The van der Waals surface area contributed by atoms with Gasteiger partial charge in [0, 0.05) is 18.3 Å². The van der Waals surface area contributed by atoms with Crippen LogP contribution in [0.25, 0.3) is 0 Å². The summed E-state index contributed by atoms with van der Waals surface area (Å²) in [5.41, 5.74) is 8.13. The second-order valence-electron chi connectivity index (χ2n) is 7.55.